The lowest BCUT2D eigenvalue weighted by molar-refractivity contribution is -0.274. The Morgan fingerprint density at radius 2 is 1.94 bits per heavy atom. The predicted molar refractivity (Wildman–Crippen MR) is 109 cm³/mol. The van der Waals surface area contributed by atoms with Crippen LogP contribution >= 0.6 is 0 Å². The van der Waals surface area contributed by atoms with Gasteiger partial charge in [-0.3, -0.25) is 0 Å². The zero-order valence-corrected chi connectivity index (χ0v) is 18.7. The topological polar surface area (TPSA) is 89.7 Å². The highest BCUT2D eigenvalue weighted by Crippen LogP contribution is 2.33. The number of aryl methyl sites for hydroxylation is 1. The first-order chi connectivity index (χ1) is 14.7. The van der Waals surface area contributed by atoms with E-state index < -0.39 is 23.6 Å². The van der Waals surface area contributed by atoms with Crippen molar-refractivity contribution >= 4 is 11.8 Å². The third kappa shape index (κ3) is 6.27. The molecule has 0 atom stereocenters. The summed E-state index contributed by atoms with van der Waals surface area (Å²) in [5.41, 5.74) is -0.0375. The molecule has 2 aromatic rings. The smallest absolute Gasteiger partial charge is 0.444 e. The molecule has 1 aliphatic heterocycles. The van der Waals surface area contributed by atoms with Crippen LogP contribution in [0.4, 0.5) is 23.7 Å². The molecule has 8 nitrogen and oxygen atoms in total. The summed E-state index contributed by atoms with van der Waals surface area (Å²) in [6.45, 7) is 9.71. The Kier molecular flexibility index (Phi) is 6.30. The third-order valence-corrected chi connectivity index (χ3v) is 4.67. The van der Waals surface area contributed by atoms with Crippen molar-refractivity contribution in [1.82, 2.24) is 15.5 Å². The summed E-state index contributed by atoms with van der Waals surface area (Å²) >= 11 is 0. The van der Waals surface area contributed by atoms with Crippen molar-refractivity contribution in [2.45, 2.75) is 71.5 Å². The van der Waals surface area contributed by atoms with Gasteiger partial charge in [-0.2, -0.15) is 4.98 Å². The Hall–Kier alpha value is -2.98. The van der Waals surface area contributed by atoms with Crippen LogP contribution in [0.2, 0.25) is 0 Å². The van der Waals surface area contributed by atoms with E-state index in [2.05, 4.69) is 20.2 Å². The first-order valence-electron chi connectivity index (χ1n) is 10.2. The summed E-state index contributed by atoms with van der Waals surface area (Å²) in [7, 11) is 0. The van der Waals surface area contributed by atoms with Gasteiger partial charge in [-0.1, -0.05) is 5.16 Å². The number of alkyl halides is 3. The summed E-state index contributed by atoms with van der Waals surface area (Å²) in [6, 6.07) is 4.29. The number of fused-ring (bicyclic) bond motifs is 1. The molecule has 11 heteroatoms. The molecule has 0 saturated heterocycles. The molecule has 0 aliphatic carbocycles. The molecule has 0 bridgehead atoms. The van der Waals surface area contributed by atoms with Gasteiger partial charge in [0, 0.05) is 12.2 Å². The van der Waals surface area contributed by atoms with Crippen LogP contribution in [0.5, 0.6) is 5.75 Å². The number of nitrogens with zero attached hydrogens (tertiary/aromatic N) is 3. The number of hydrogen-bond acceptors (Lipinski definition) is 7. The minimum Gasteiger partial charge on any atom is -0.444 e. The van der Waals surface area contributed by atoms with Crippen molar-refractivity contribution in [3.8, 4) is 5.75 Å². The maximum atomic E-state index is 12.5. The van der Waals surface area contributed by atoms with Crippen LogP contribution in [0.1, 0.15) is 58.3 Å². The van der Waals surface area contributed by atoms with Crippen LogP contribution < -0.4 is 15.0 Å². The molecule has 1 amide bonds. The maximum Gasteiger partial charge on any atom is 0.573 e. The highest BCUT2D eigenvalue weighted by atomic mass is 19.4. The van der Waals surface area contributed by atoms with Crippen LogP contribution in [-0.2, 0) is 23.2 Å². The fourth-order valence-corrected chi connectivity index (χ4v) is 3.36. The number of aromatic nitrogens is 2. The molecule has 0 spiro atoms. The highest BCUT2D eigenvalue weighted by molar-refractivity contribution is 5.68. The molecule has 32 heavy (non-hydrogen) atoms. The van der Waals surface area contributed by atoms with Crippen LogP contribution in [0, 0.1) is 0 Å². The van der Waals surface area contributed by atoms with E-state index in [0.717, 1.165) is 17.7 Å². The fraction of sp³-hybridized carbons (Fsp3) is 0.571. The molecule has 1 aromatic heterocycles. The maximum absolute atomic E-state index is 12.5. The first kappa shape index (κ1) is 23.7. The monoisotopic (exact) mass is 456 g/mol. The Balaban J connectivity index is 1.70. The molecule has 0 fully saturated rings. The average molecular weight is 456 g/mol. The molecule has 1 aromatic carbocycles. The number of hydrogen-bond donors (Lipinski definition) is 1. The summed E-state index contributed by atoms with van der Waals surface area (Å²) in [4.78, 5) is 18.5. The molecule has 3 rings (SSSR count). The van der Waals surface area contributed by atoms with E-state index in [1.165, 1.54) is 12.1 Å². The molecule has 0 saturated carbocycles. The van der Waals surface area contributed by atoms with E-state index in [9.17, 15) is 18.0 Å². The van der Waals surface area contributed by atoms with Crippen molar-refractivity contribution < 1.29 is 32.0 Å². The zero-order valence-electron chi connectivity index (χ0n) is 18.7. The minimum atomic E-state index is -4.73. The van der Waals surface area contributed by atoms with Crippen molar-refractivity contribution in [2.75, 3.05) is 11.4 Å². The van der Waals surface area contributed by atoms with Crippen LogP contribution in [0.15, 0.2) is 22.7 Å². The van der Waals surface area contributed by atoms with Gasteiger partial charge in [0.05, 0.1) is 6.54 Å². The molecule has 0 unspecified atom stereocenters. The van der Waals surface area contributed by atoms with E-state index in [1.807, 2.05) is 4.90 Å². The highest BCUT2D eigenvalue weighted by Gasteiger charge is 2.33. The number of benzene rings is 1. The summed E-state index contributed by atoms with van der Waals surface area (Å²) in [5, 5.41) is 6.71. The lowest BCUT2D eigenvalue weighted by atomic mass is 10.0. The quantitative estimate of drug-likeness (QED) is 0.699. The standard InChI is InChI=1S/C21H27F3N4O4/c1-19(2,3)31-18(29)26-20(4,5)17-25-16(32-27-17)12-28-10-6-7-13-11-14(8-9-15(13)28)30-21(22,23)24/h8-9,11H,6-7,10,12H2,1-5H3,(H,26,29). The van der Waals surface area contributed by atoms with Crippen molar-refractivity contribution in [3.63, 3.8) is 0 Å². The van der Waals surface area contributed by atoms with E-state index in [1.54, 1.807) is 40.7 Å². The van der Waals surface area contributed by atoms with Crippen molar-refractivity contribution in [1.29, 1.82) is 0 Å². The lowest BCUT2D eigenvalue weighted by Gasteiger charge is -2.30. The van der Waals surface area contributed by atoms with E-state index in [4.69, 9.17) is 9.26 Å². The predicted octanol–water partition coefficient (Wildman–Crippen LogP) is 4.68. The van der Waals surface area contributed by atoms with Crippen LogP contribution in [-0.4, -0.2) is 34.7 Å². The second kappa shape index (κ2) is 8.51. The number of rotatable bonds is 5. The third-order valence-electron chi connectivity index (χ3n) is 4.67. The summed E-state index contributed by atoms with van der Waals surface area (Å²) in [6.07, 6.45) is -3.93. The van der Waals surface area contributed by atoms with Gasteiger partial charge < -0.3 is 24.2 Å². The first-order valence-corrected chi connectivity index (χ1v) is 10.2. The molecular weight excluding hydrogens is 429 g/mol. The van der Waals surface area contributed by atoms with Gasteiger partial charge in [0.1, 0.15) is 16.9 Å². The average Bonchev–Trinajstić information content (AvgIpc) is 3.07. The minimum absolute atomic E-state index is 0.242. The molecule has 176 valence electrons. The second-order valence-electron chi connectivity index (χ2n) is 9.13. The van der Waals surface area contributed by atoms with Crippen LogP contribution in [0.25, 0.3) is 0 Å². The number of nitrogens with one attached hydrogen (secondary N) is 1. The van der Waals surface area contributed by atoms with Gasteiger partial charge in [0.2, 0.25) is 5.89 Å². The number of ether oxygens (including phenoxy) is 2. The normalized spacial score (nSPS) is 14.7. The van der Waals surface area contributed by atoms with Gasteiger partial charge in [0.15, 0.2) is 5.82 Å². The van der Waals surface area contributed by atoms with E-state index >= 15 is 0 Å². The Bertz CT molecular complexity index is 967. The number of carbonyl (C=O) groups excluding carboxylic acids is 1. The molecule has 1 aliphatic rings. The van der Waals surface area contributed by atoms with Gasteiger partial charge in [-0.15, -0.1) is 13.2 Å². The van der Waals surface area contributed by atoms with Crippen molar-refractivity contribution in [2.24, 2.45) is 0 Å². The Morgan fingerprint density at radius 3 is 2.59 bits per heavy atom. The van der Waals surface area contributed by atoms with Gasteiger partial charge >= 0.3 is 12.5 Å². The molecular formula is C21H27F3N4O4. The number of halogens is 3. The second-order valence-corrected chi connectivity index (χ2v) is 9.13. The molecule has 0 radical (unpaired) electrons. The van der Waals surface area contributed by atoms with Gasteiger partial charge in [-0.25, -0.2) is 4.79 Å². The number of anilines is 1. The van der Waals surface area contributed by atoms with Gasteiger partial charge in [-0.05, 0) is 71.2 Å². The van der Waals surface area contributed by atoms with Crippen molar-refractivity contribution in [3.05, 3.63) is 35.5 Å². The number of amides is 1. The largest absolute Gasteiger partial charge is 0.573 e. The molecule has 2 heterocycles. The SMILES string of the molecule is CC(C)(C)OC(=O)NC(C)(C)c1noc(CN2CCCc3cc(OC(F)(F)F)ccc32)n1. The van der Waals surface area contributed by atoms with E-state index in [-0.39, 0.29) is 18.1 Å². The molecule has 1 N–H and O–H groups in total. The lowest BCUT2D eigenvalue weighted by Crippen LogP contribution is -2.44. The fourth-order valence-electron chi connectivity index (χ4n) is 3.36. The summed E-state index contributed by atoms with van der Waals surface area (Å²) < 4.78 is 52.2. The van der Waals surface area contributed by atoms with E-state index in [0.29, 0.717) is 18.9 Å². The van der Waals surface area contributed by atoms with Crippen LogP contribution in [0.3, 0.4) is 0 Å². The van der Waals surface area contributed by atoms with Gasteiger partial charge in [0.25, 0.3) is 0 Å². The summed E-state index contributed by atoms with van der Waals surface area (Å²) in [5.74, 6) is 0.361. The zero-order chi connectivity index (χ0) is 23.7. The number of alkyl carbamates (subject to hydrolysis) is 1. The number of carbonyl (C=O) groups is 1. The Labute approximate surface area is 184 Å². The Morgan fingerprint density at radius 1 is 1.22 bits per heavy atom.